The number of ether oxygens (including phenoxy) is 1. The molecule has 12 heteroatoms. The minimum atomic E-state index is -1.36. The number of hydrogen-bond acceptors (Lipinski definition) is 4. The highest BCUT2D eigenvalue weighted by Gasteiger charge is 2.67. The van der Waals surface area contributed by atoms with Gasteiger partial charge in [0.2, 0.25) is 5.91 Å². The van der Waals surface area contributed by atoms with Crippen molar-refractivity contribution >= 4 is 93.0 Å². The average molecular weight is 658 g/mol. The average Bonchev–Trinajstić information content (AvgIpc) is 3.42. The van der Waals surface area contributed by atoms with Gasteiger partial charge in [-0.25, -0.2) is 4.79 Å². The van der Waals surface area contributed by atoms with E-state index in [1.165, 1.54) is 12.1 Å². The SMILES string of the molecule is Cc1ccc(NC(=O)c2cc(NC(=O)C3C(c4cc(Cl)cc(Cl)c4)C3(Cl)Cl)ccc2Cl)cc1NC(=O)OC(C)(C)C. The molecule has 1 aliphatic carbocycles. The molecule has 0 radical (unpaired) electrons. The predicted octanol–water partition coefficient (Wildman–Crippen LogP) is 9.08. The van der Waals surface area contributed by atoms with Gasteiger partial charge in [0, 0.05) is 33.0 Å². The summed E-state index contributed by atoms with van der Waals surface area (Å²) in [7, 11) is 0. The maximum Gasteiger partial charge on any atom is 0.412 e. The van der Waals surface area contributed by atoms with Crippen molar-refractivity contribution in [2.24, 2.45) is 5.92 Å². The summed E-state index contributed by atoms with van der Waals surface area (Å²) in [4.78, 5) is 38.5. The van der Waals surface area contributed by atoms with Crippen molar-refractivity contribution in [1.29, 1.82) is 0 Å². The Hall–Kier alpha value is -2.68. The molecular weight excluding hydrogens is 632 g/mol. The van der Waals surface area contributed by atoms with E-state index in [9.17, 15) is 14.4 Å². The van der Waals surface area contributed by atoms with Crippen LogP contribution in [0.15, 0.2) is 54.6 Å². The number of anilines is 3. The monoisotopic (exact) mass is 655 g/mol. The Morgan fingerprint density at radius 1 is 0.829 bits per heavy atom. The van der Waals surface area contributed by atoms with Gasteiger partial charge in [-0.15, -0.1) is 23.2 Å². The zero-order chi connectivity index (χ0) is 30.3. The summed E-state index contributed by atoms with van der Waals surface area (Å²) in [5, 5.41) is 9.17. The molecule has 0 aromatic heterocycles. The summed E-state index contributed by atoms with van der Waals surface area (Å²) in [5.41, 5.74) is 2.05. The van der Waals surface area contributed by atoms with Gasteiger partial charge in [-0.2, -0.15) is 0 Å². The fourth-order valence-corrected chi connectivity index (χ4v) is 5.84. The van der Waals surface area contributed by atoms with E-state index < -0.39 is 39.7 Å². The van der Waals surface area contributed by atoms with Crippen LogP contribution in [0, 0.1) is 12.8 Å². The van der Waals surface area contributed by atoms with Crippen LogP contribution in [0.4, 0.5) is 21.9 Å². The van der Waals surface area contributed by atoms with Crippen molar-refractivity contribution in [3.8, 4) is 0 Å². The summed E-state index contributed by atoms with van der Waals surface area (Å²) < 4.78 is 3.95. The first-order valence-corrected chi connectivity index (χ1v) is 14.3. The number of amides is 3. The first-order valence-electron chi connectivity index (χ1n) is 12.4. The number of nitrogens with one attached hydrogen (secondary N) is 3. The Morgan fingerprint density at radius 3 is 2.07 bits per heavy atom. The summed E-state index contributed by atoms with van der Waals surface area (Å²) >= 11 is 31.4. The van der Waals surface area contributed by atoms with Crippen LogP contribution in [0.2, 0.25) is 15.1 Å². The first kappa shape index (κ1) is 31.3. The molecule has 0 spiro atoms. The normalized spacial score (nSPS) is 17.4. The standard InChI is InChI=1S/C29H26Cl5N3O4/c1-14-5-6-19(13-22(14)37-27(40)41-28(2,3)4)35-25(38)20-12-18(7-8-21(20)32)36-26(39)24-23(29(24,33)34)15-9-16(30)11-17(31)10-15/h5-13,23-24H,1-4H3,(H,35,38)(H,36,39)(H,37,40). The smallest absolute Gasteiger partial charge is 0.412 e. The van der Waals surface area contributed by atoms with Crippen LogP contribution in [-0.2, 0) is 9.53 Å². The van der Waals surface area contributed by atoms with Crippen LogP contribution < -0.4 is 16.0 Å². The van der Waals surface area contributed by atoms with Crippen LogP contribution in [0.25, 0.3) is 0 Å². The highest BCUT2D eigenvalue weighted by Crippen LogP contribution is 2.65. The van der Waals surface area contributed by atoms with Gasteiger partial charge in [0.15, 0.2) is 0 Å². The zero-order valence-corrected chi connectivity index (χ0v) is 26.2. The van der Waals surface area contributed by atoms with Crippen molar-refractivity contribution in [3.63, 3.8) is 0 Å². The number of aryl methyl sites for hydroxylation is 1. The van der Waals surface area contributed by atoms with Crippen molar-refractivity contribution in [3.05, 3.63) is 86.4 Å². The van der Waals surface area contributed by atoms with Crippen LogP contribution >= 0.6 is 58.0 Å². The number of benzene rings is 3. The summed E-state index contributed by atoms with van der Waals surface area (Å²) in [6, 6.07) is 14.4. The van der Waals surface area contributed by atoms with E-state index >= 15 is 0 Å². The Bertz CT molecular complexity index is 1520. The summed E-state index contributed by atoms with van der Waals surface area (Å²) in [6.45, 7) is 7.09. The molecule has 216 valence electrons. The number of carbonyl (C=O) groups excluding carboxylic acids is 3. The number of rotatable bonds is 6. The van der Waals surface area contributed by atoms with Crippen molar-refractivity contribution in [2.45, 2.75) is 43.5 Å². The molecule has 1 fully saturated rings. The molecule has 4 rings (SSSR count). The van der Waals surface area contributed by atoms with Gasteiger partial charge in [0.05, 0.1) is 16.5 Å². The lowest BCUT2D eigenvalue weighted by Crippen LogP contribution is -2.27. The molecule has 3 aromatic rings. The van der Waals surface area contributed by atoms with E-state index in [-0.39, 0.29) is 10.6 Å². The Balaban J connectivity index is 1.47. The van der Waals surface area contributed by atoms with E-state index in [2.05, 4.69) is 16.0 Å². The maximum atomic E-state index is 13.1. The number of hydrogen-bond donors (Lipinski definition) is 3. The third kappa shape index (κ3) is 7.59. The van der Waals surface area contributed by atoms with E-state index in [0.29, 0.717) is 32.7 Å². The first-order chi connectivity index (χ1) is 19.0. The van der Waals surface area contributed by atoms with Gasteiger partial charge in [-0.1, -0.05) is 40.9 Å². The van der Waals surface area contributed by atoms with Gasteiger partial charge >= 0.3 is 6.09 Å². The van der Waals surface area contributed by atoms with Crippen molar-refractivity contribution in [2.75, 3.05) is 16.0 Å². The van der Waals surface area contributed by atoms with Crippen LogP contribution in [0.5, 0.6) is 0 Å². The molecule has 1 aliphatic rings. The minimum Gasteiger partial charge on any atom is -0.444 e. The highest BCUT2D eigenvalue weighted by molar-refractivity contribution is 6.53. The molecule has 3 N–H and O–H groups in total. The molecule has 7 nitrogen and oxygen atoms in total. The van der Waals surface area contributed by atoms with E-state index in [1.807, 2.05) is 6.92 Å². The van der Waals surface area contributed by atoms with Crippen LogP contribution in [0.1, 0.15) is 48.2 Å². The van der Waals surface area contributed by atoms with Crippen LogP contribution in [-0.4, -0.2) is 27.8 Å². The molecule has 41 heavy (non-hydrogen) atoms. The van der Waals surface area contributed by atoms with Gasteiger partial charge < -0.3 is 15.4 Å². The second kappa shape index (κ2) is 11.9. The second-order valence-electron chi connectivity index (χ2n) is 10.6. The molecular formula is C29H26Cl5N3O4. The molecule has 0 saturated heterocycles. The number of halogens is 5. The van der Waals surface area contributed by atoms with Crippen molar-refractivity contribution in [1.82, 2.24) is 0 Å². The third-order valence-electron chi connectivity index (χ3n) is 6.19. The molecule has 3 aromatic carbocycles. The lowest BCUT2D eigenvalue weighted by Gasteiger charge is -2.20. The van der Waals surface area contributed by atoms with Crippen LogP contribution in [0.3, 0.4) is 0 Å². The van der Waals surface area contributed by atoms with Gasteiger partial charge in [0.25, 0.3) is 5.91 Å². The molecule has 2 atom stereocenters. The quantitative estimate of drug-likeness (QED) is 0.231. The predicted molar refractivity (Wildman–Crippen MR) is 166 cm³/mol. The fourth-order valence-electron chi connectivity index (χ4n) is 4.27. The van der Waals surface area contributed by atoms with E-state index in [0.717, 1.165) is 5.56 Å². The molecule has 2 unspecified atom stereocenters. The lowest BCUT2D eigenvalue weighted by molar-refractivity contribution is -0.117. The maximum absolute atomic E-state index is 13.1. The van der Waals surface area contributed by atoms with Gasteiger partial charge in [-0.05, 0) is 87.4 Å². The fraction of sp³-hybridized carbons (Fsp3) is 0.276. The number of carbonyl (C=O) groups is 3. The summed E-state index contributed by atoms with van der Waals surface area (Å²) in [6.07, 6.45) is -0.621. The van der Waals surface area contributed by atoms with E-state index in [1.54, 1.807) is 63.2 Å². The molecule has 3 amide bonds. The highest BCUT2D eigenvalue weighted by atomic mass is 35.5. The molecule has 1 saturated carbocycles. The Morgan fingerprint density at radius 2 is 1.44 bits per heavy atom. The topological polar surface area (TPSA) is 96.5 Å². The molecule has 0 heterocycles. The lowest BCUT2D eigenvalue weighted by atomic mass is 10.1. The Labute approximate surface area is 262 Å². The Kier molecular flexibility index (Phi) is 9.07. The second-order valence-corrected chi connectivity index (χ2v) is 13.4. The van der Waals surface area contributed by atoms with Crippen molar-refractivity contribution < 1.29 is 19.1 Å². The minimum absolute atomic E-state index is 0.115. The zero-order valence-electron chi connectivity index (χ0n) is 22.4. The third-order valence-corrected chi connectivity index (χ3v) is 7.90. The van der Waals surface area contributed by atoms with Gasteiger partial charge in [-0.3, -0.25) is 14.9 Å². The van der Waals surface area contributed by atoms with E-state index in [4.69, 9.17) is 62.7 Å². The summed E-state index contributed by atoms with van der Waals surface area (Å²) in [5.74, 6) is -2.28. The molecule has 0 bridgehead atoms. The molecule has 0 aliphatic heterocycles. The van der Waals surface area contributed by atoms with Gasteiger partial charge in [0.1, 0.15) is 9.93 Å². The largest absolute Gasteiger partial charge is 0.444 e. The number of alkyl halides is 2.